The van der Waals surface area contributed by atoms with Gasteiger partial charge in [0.25, 0.3) is 17.7 Å². The monoisotopic (exact) mass is 442 g/mol. The number of pyridine rings is 1. The molecule has 0 spiro atoms. The zero-order valence-corrected chi connectivity index (χ0v) is 17.6. The Morgan fingerprint density at radius 1 is 1.23 bits per heavy atom. The molecule has 2 heterocycles. The molecule has 1 aliphatic rings. The second kappa shape index (κ2) is 9.99. The second-order valence-corrected chi connectivity index (χ2v) is 7.69. The van der Waals surface area contributed by atoms with Crippen LogP contribution in [0.15, 0.2) is 53.7 Å². The summed E-state index contributed by atoms with van der Waals surface area (Å²) in [5, 5.41) is 0. The molecule has 3 amide bonds. The Morgan fingerprint density at radius 3 is 2.67 bits per heavy atom. The first kappa shape index (κ1) is 21.5. The lowest BCUT2D eigenvalue weighted by Crippen LogP contribution is -2.47. The molecule has 154 valence electrons. The fraction of sp³-hybridized carbons (Fsp3) is 0.150. The second-order valence-electron chi connectivity index (χ2n) is 6.01. The van der Waals surface area contributed by atoms with Gasteiger partial charge < -0.3 is 4.74 Å². The maximum atomic E-state index is 12.6. The van der Waals surface area contributed by atoms with Gasteiger partial charge >= 0.3 is 0 Å². The van der Waals surface area contributed by atoms with E-state index in [1.54, 1.807) is 18.2 Å². The van der Waals surface area contributed by atoms with Gasteiger partial charge in [-0.1, -0.05) is 36.1 Å². The molecular formula is C20H18N4O4S2. The van der Waals surface area contributed by atoms with Crippen LogP contribution >= 0.6 is 24.0 Å². The van der Waals surface area contributed by atoms with Gasteiger partial charge in [-0.25, -0.2) is 0 Å². The van der Waals surface area contributed by atoms with Crippen LogP contribution in [-0.2, 0) is 9.59 Å². The molecule has 8 nitrogen and oxygen atoms in total. The average molecular weight is 443 g/mol. The highest BCUT2D eigenvalue weighted by Gasteiger charge is 2.33. The first-order chi connectivity index (χ1) is 14.5. The minimum atomic E-state index is -0.578. The molecule has 0 radical (unpaired) electrons. The van der Waals surface area contributed by atoms with E-state index in [0.29, 0.717) is 17.1 Å². The molecule has 0 aliphatic carbocycles. The zero-order valence-electron chi connectivity index (χ0n) is 16.0. The van der Waals surface area contributed by atoms with Crippen molar-refractivity contribution in [2.45, 2.75) is 6.92 Å². The summed E-state index contributed by atoms with van der Waals surface area (Å²) >= 11 is 6.34. The standard InChI is InChI=1S/C20H18N4O4S2/c1-2-28-15-7-5-13(6-8-15)10-16-19(27)24(20(29)30-16)12-17(25)22-23-18(26)14-4-3-9-21-11-14/h3-11H,2,12H2,1H3,(H,22,25)(H,23,26)/b16-10-. The van der Waals surface area contributed by atoms with Gasteiger partial charge in [0.15, 0.2) is 0 Å². The molecule has 1 aromatic heterocycles. The number of hydrogen-bond donors (Lipinski definition) is 2. The first-order valence-corrected chi connectivity index (χ1v) is 10.2. The fourth-order valence-corrected chi connectivity index (χ4v) is 3.75. The minimum Gasteiger partial charge on any atom is -0.494 e. The van der Waals surface area contributed by atoms with Gasteiger partial charge in [-0.2, -0.15) is 0 Å². The number of benzene rings is 1. The van der Waals surface area contributed by atoms with E-state index < -0.39 is 11.8 Å². The number of thiocarbonyl (C=S) groups is 1. The Labute approximate surface area is 182 Å². The minimum absolute atomic E-state index is 0.269. The van der Waals surface area contributed by atoms with Crippen LogP contribution in [0.5, 0.6) is 5.75 Å². The number of amides is 3. The Balaban J connectivity index is 1.57. The maximum absolute atomic E-state index is 12.6. The van der Waals surface area contributed by atoms with E-state index in [2.05, 4.69) is 15.8 Å². The number of hydrazine groups is 1. The first-order valence-electron chi connectivity index (χ1n) is 8.95. The molecule has 1 aromatic carbocycles. The molecule has 3 rings (SSSR count). The van der Waals surface area contributed by atoms with Crippen LogP contribution in [-0.4, -0.2) is 45.1 Å². The van der Waals surface area contributed by atoms with Crippen molar-refractivity contribution in [1.82, 2.24) is 20.7 Å². The van der Waals surface area contributed by atoms with Crippen molar-refractivity contribution < 1.29 is 19.1 Å². The highest BCUT2D eigenvalue weighted by molar-refractivity contribution is 8.26. The summed E-state index contributed by atoms with van der Waals surface area (Å²) in [5.74, 6) is -0.720. The number of rotatable bonds is 6. The summed E-state index contributed by atoms with van der Waals surface area (Å²) in [6.07, 6.45) is 4.61. The quantitative estimate of drug-likeness (QED) is 0.402. The van der Waals surface area contributed by atoms with Crippen LogP contribution in [0.4, 0.5) is 0 Å². The molecule has 2 aromatic rings. The van der Waals surface area contributed by atoms with Crippen LogP contribution in [0, 0.1) is 0 Å². The largest absolute Gasteiger partial charge is 0.494 e. The number of hydrogen-bond acceptors (Lipinski definition) is 7. The fourth-order valence-electron chi connectivity index (χ4n) is 2.49. The van der Waals surface area contributed by atoms with Crippen LogP contribution in [0.2, 0.25) is 0 Å². The van der Waals surface area contributed by atoms with Crippen LogP contribution in [0.1, 0.15) is 22.8 Å². The van der Waals surface area contributed by atoms with Crippen molar-refractivity contribution in [3.63, 3.8) is 0 Å². The van der Waals surface area contributed by atoms with Crippen molar-refractivity contribution >= 4 is 52.1 Å². The summed E-state index contributed by atoms with van der Waals surface area (Å²) in [5.41, 5.74) is 5.65. The summed E-state index contributed by atoms with van der Waals surface area (Å²) in [4.78, 5) is 42.2. The van der Waals surface area contributed by atoms with Crippen LogP contribution in [0.3, 0.4) is 0 Å². The van der Waals surface area contributed by atoms with Crippen molar-refractivity contribution in [3.05, 3.63) is 64.8 Å². The maximum Gasteiger partial charge on any atom is 0.271 e. The average Bonchev–Trinajstić information content (AvgIpc) is 3.01. The third-order valence-electron chi connectivity index (χ3n) is 3.90. The third-order valence-corrected chi connectivity index (χ3v) is 5.28. The van der Waals surface area contributed by atoms with E-state index in [1.165, 1.54) is 17.3 Å². The van der Waals surface area contributed by atoms with E-state index in [-0.39, 0.29) is 16.8 Å². The van der Waals surface area contributed by atoms with Crippen molar-refractivity contribution in [2.75, 3.05) is 13.2 Å². The van der Waals surface area contributed by atoms with Crippen LogP contribution < -0.4 is 15.6 Å². The Bertz CT molecular complexity index is 994. The zero-order chi connectivity index (χ0) is 21.5. The highest BCUT2D eigenvalue weighted by atomic mass is 32.2. The number of carbonyl (C=O) groups excluding carboxylic acids is 3. The predicted octanol–water partition coefficient (Wildman–Crippen LogP) is 2.14. The molecule has 0 atom stereocenters. The van der Waals surface area contributed by atoms with E-state index in [1.807, 2.05) is 31.2 Å². The summed E-state index contributed by atoms with van der Waals surface area (Å²) in [6, 6.07) is 10.5. The summed E-state index contributed by atoms with van der Waals surface area (Å²) in [6.45, 7) is 2.17. The SMILES string of the molecule is CCOc1ccc(/C=C2\SC(=S)N(CC(=O)NNC(=O)c3cccnc3)C2=O)cc1. The van der Waals surface area contributed by atoms with Gasteiger partial charge in [-0.05, 0) is 42.8 Å². The molecule has 30 heavy (non-hydrogen) atoms. The van der Waals surface area contributed by atoms with Gasteiger partial charge in [0.05, 0.1) is 17.1 Å². The lowest BCUT2D eigenvalue weighted by molar-refractivity contribution is -0.129. The topological polar surface area (TPSA) is 101 Å². The number of aromatic nitrogens is 1. The molecule has 1 aliphatic heterocycles. The van der Waals surface area contributed by atoms with Crippen molar-refractivity contribution in [1.29, 1.82) is 0 Å². The normalized spacial score (nSPS) is 14.7. The molecule has 1 fully saturated rings. The van der Waals surface area contributed by atoms with E-state index in [9.17, 15) is 14.4 Å². The molecule has 1 saturated heterocycles. The number of nitrogens with one attached hydrogen (secondary N) is 2. The van der Waals surface area contributed by atoms with Gasteiger partial charge in [0.1, 0.15) is 16.6 Å². The Hall–Kier alpha value is -3.24. The Kier molecular flexibility index (Phi) is 7.15. The predicted molar refractivity (Wildman–Crippen MR) is 117 cm³/mol. The van der Waals surface area contributed by atoms with Crippen molar-refractivity contribution in [2.24, 2.45) is 0 Å². The lowest BCUT2D eigenvalue weighted by Gasteiger charge is -2.14. The highest BCUT2D eigenvalue weighted by Crippen LogP contribution is 2.32. The van der Waals surface area contributed by atoms with E-state index in [4.69, 9.17) is 17.0 Å². The van der Waals surface area contributed by atoms with E-state index in [0.717, 1.165) is 23.1 Å². The van der Waals surface area contributed by atoms with E-state index >= 15 is 0 Å². The van der Waals surface area contributed by atoms with Crippen LogP contribution in [0.25, 0.3) is 6.08 Å². The molecule has 0 saturated carbocycles. The number of carbonyl (C=O) groups is 3. The smallest absolute Gasteiger partial charge is 0.271 e. The summed E-state index contributed by atoms with van der Waals surface area (Å²) < 4.78 is 5.67. The Morgan fingerprint density at radius 2 is 2.00 bits per heavy atom. The number of thioether (sulfide) groups is 1. The number of nitrogens with zero attached hydrogens (tertiary/aromatic N) is 2. The summed E-state index contributed by atoms with van der Waals surface area (Å²) in [7, 11) is 0. The molecule has 0 unspecified atom stereocenters. The third kappa shape index (κ3) is 5.43. The van der Waals surface area contributed by atoms with Crippen molar-refractivity contribution in [3.8, 4) is 5.75 Å². The molecule has 2 N–H and O–H groups in total. The molecule has 10 heteroatoms. The molecule has 0 bridgehead atoms. The van der Waals surface area contributed by atoms with Gasteiger partial charge in [0.2, 0.25) is 0 Å². The lowest BCUT2D eigenvalue weighted by atomic mass is 10.2. The molecular weight excluding hydrogens is 424 g/mol. The van der Waals surface area contributed by atoms with Gasteiger partial charge in [-0.15, -0.1) is 0 Å². The van der Waals surface area contributed by atoms with Gasteiger partial charge in [0, 0.05) is 12.4 Å². The number of ether oxygens (including phenoxy) is 1. The van der Waals surface area contributed by atoms with Gasteiger partial charge in [-0.3, -0.25) is 35.1 Å².